The molecule has 23 heavy (non-hydrogen) atoms. The highest BCUT2D eigenvalue weighted by molar-refractivity contribution is 7.89. The molecule has 1 aromatic rings. The molecule has 2 rings (SSSR count). The van der Waals surface area contributed by atoms with Gasteiger partial charge in [-0.05, 0) is 32.0 Å². The van der Waals surface area contributed by atoms with Gasteiger partial charge in [0.05, 0.1) is 6.61 Å². The molecule has 0 saturated carbocycles. The summed E-state index contributed by atoms with van der Waals surface area (Å²) in [6.07, 6.45) is 0.713. The van der Waals surface area contributed by atoms with Crippen LogP contribution in [0.25, 0.3) is 0 Å². The van der Waals surface area contributed by atoms with E-state index >= 15 is 0 Å². The smallest absolute Gasteiger partial charge is 0.374 e. The predicted molar refractivity (Wildman–Crippen MR) is 83.8 cm³/mol. The van der Waals surface area contributed by atoms with Crippen molar-refractivity contribution >= 4 is 16.0 Å². The fourth-order valence-electron chi connectivity index (χ4n) is 2.29. The Balaban J connectivity index is 1.80. The summed E-state index contributed by atoms with van der Waals surface area (Å²) in [7, 11) is -3.75. The molecule has 0 bridgehead atoms. The minimum Gasteiger partial charge on any atom is -0.460 e. The molecule has 0 atom stereocenters. The number of sulfonamides is 1. The van der Waals surface area contributed by atoms with Crippen molar-refractivity contribution in [3.8, 4) is 0 Å². The molecule has 9 heteroatoms. The van der Waals surface area contributed by atoms with Crippen molar-refractivity contribution < 1.29 is 22.4 Å². The third kappa shape index (κ3) is 5.31. The Hall–Kier alpha value is -1.42. The molecule has 2 N–H and O–H groups in total. The third-order valence-electron chi connectivity index (χ3n) is 3.48. The second-order valence-corrected chi connectivity index (χ2v) is 6.88. The molecule has 2 heterocycles. The normalized spacial score (nSPS) is 16.4. The molecule has 0 unspecified atom stereocenters. The van der Waals surface area contributed by atoms with Crippen molar-refractivity contribution in [2.45, 2.75) is 18.4 Å². The highest BCUT2D eigenvalue weighted by Gasteiger charge is 2.21. The van der Waals surface area contributed by atoms with Crippen LogP contribution < -0.4 is 10.0 Å². The maximum atomic E-state index is 12.1. The molecule has 1 fully saturated rings. The van der Waals surface area contributed by atoms with Crippen molar-refractivity contribution in [3.63, 3.8) is 0 Å². The predicted octanol–water partition coefficient (Wildman–Crippen LogP) is 0.0299. The van der Waals surface area contributed by atoms with Crippen LogP contribution in [0.2, 0.25) is 0 Å². The molecule has 8 nitrogen and oxygen atoms in total. The number of rotatable bonds is 8. The number of ether oxygens (including phenoxy) is 1. The van der Waals surface area contributed by atoms with Gasteiger partial charge in [0.1, 0.15) is 0 Å². The second-order valence-electron chi connectivity index (χ2n) is 5.18. The van der Waals surface area contributed by atoms with E-state index in [4.69, 9.17) is 9.15 Å². The number of piperazine rings is 1. The monoisotopic (exact) mass is 345 g/mol. The summed E-state index contributed by atoms with van der Waals surface area (Å²) in [6, 6.07) is 2.55. The van der Waals surface area contributed by atoms with Crippen LogP contribution in [0.5, 0.6) is 0 Å². The number of hydrogen-bond donors (Lipinski definition) is 2. The number of nitrogens with zero attached hydrogens (tertiary/aromatic N) is 1. The SMILES string of the molecule is CCOC(=O)c1ccc(S(=O)(=O)NCCCN2CCNCC2)o1. The number of nitrogens with one attached hydrogen (secondary N) is 2. The standard InChI is InChI=1S/C14H23N3O5S/c1-2-21-14(18)12-4-5-13(22-12)23(19,20)16-6-3-9-17-10-7-15-8-11-17/h4-5,15-16H,2-3,6-11H2,1H3. The van der Waals surface area contributed by atoms with Crippen LogP contribution in [0.15, 0.2) is 21.6 Å². The number of furan rings is 1. The van der Waals surface area contributed by atoms with Crippen molar-refractivity contribution in [2.75, 3.05) is 45.9 Å². The molecule has 0 spiro atoms. The Labute approximate surface area is 136 Å². The number of esters is 1. The Morgan fingerprint density at radius 3 is 2.83 bits per heavy atom. The van der Waals surface area contributed by atoms with Crippen LogP contribution in [0, 0.1) is 0 Å². The zero-order chi connectivity index (χ0) is 16.7. The summed E-state index contributed by atoms with van der Waals surface area (Å²) in [4.78, 5) is 13.8. The average molecular weight is 345 g/mol. The van der Waals surface area contributed by atoms with Gasteiger partial charge in [-0.1, -0.05) is 0 Å². The van der Waals surface area contributed by atoms with Crippen LogP contribution in [0.1, 0.15) is 23.9 Å². The van der Waals surface area contributed by atoms with Crippen LogP contribution in [0.4, 0.5) is 0 Å². The Morgan fingerprint density at radius 1 is 1.39 bits per heavy atom. The van der Waals surface area contributed by atoms with E-state index in [-0.39, 0.29) is 17.5 Å². The number of hydrogen-bond acceptors (Lipinski definition) is 7. The minimum absolute atomic E-state index is 0.118. The molecular weight excluding hydrogens is 322 g/mol. The van der Waals surface area contributed by atoms with Crippen LogP contribution in [-0.4, -0.2) is 65.2 Å². The van der Waals surface area contributed by atoms with Gasteiger partial charge in [0.25, 0.3) is 10.0 Å². The minimum atomic E-state index is -3.75. The van der Waals surface area contributed by atoms with E-state index in [1.165, 1.54) is 12.1 Å². The van der Waals surface area contributed by atoms with Gasteiger partial charge in [0.15, 0.2) is 0 Å². The highest BCUT2D eigenvalue weighted by atomic mass is 32.2. The summed E-state index contributed by atoms with van der Waals surface area (Å²) in [5.41, 5.74) is 0. The van der Waals surface area contributed by atoms with Gasteiger partial charge in [-0.3, -0.25) is 0 Å². The molecule has 1 saturated heterocycles. The molecule has 0 radical (unpaired) electrons. The van der Waals surface area contributed by atoms with E-state index in [1.807, 2.05) is 0 Å². The lowest BCUT2D eigenvalue weighted by atomic mass is 10.3. The zero-order valence-electron chi connectivity index (χ0n) is 13.2. The summed E-state index contributed by atoms with van der Waals surface area (Å²) < 4.78 is 36.5. The van der Waals surface area contributed by atoms with Crippen molar-refractivity contribution in [3.05, 3.63) is 17.9 Å². The first-order valence-corrected chi connectivity index (χ1v) is 9.21. The summed E-state index contributed by atoms with van der Waals surface area (Å²) in [5.74, 6) is -0.791. The maximum absolute atomic E-state index is 12.1. The van der Waals surface area contributed by atoms with E-state index in [0.717, 1.165) is 32.7 Å². The molecule has 1 aliphatic heterocycles. The summed E-state index contributed by atoms with van der Waals surface area (Å²) in [6.45, 7) is 6.92. The molecule has 1 aliphatic rings. The molecule has 0 aromatic carbocycles. The van der Waals surface area contributed by atoms with Gasteiger partial charge < -0.3 is 19.4 Å². The fraction of sp³-hybridized carbons (Fsp3) is 0.643. The molecule has 0 aliphatic carbocycles. The van der Waals surface area contributed by atoms with Crippen LogP contribution in [0.3, 0.4) is 0 Å². The van der Waals surface area contributed by atoms with E-state index in [9.17, 15) is 13.2 Å². The first-order chi connectivity index (χ1) is 11.0. The van der Waals surface area contributed by atoms with E-state index in [2.05, 4.69) is 14.9 Å². The van der Waals surface area contributed by atoms with Gasteiger partial charge in [-0.25, -0.2) is 17.9 Å². The molecular formula is C14H23N3O5S. The van der Waals surface area contributed by atoms with Crippen LogP contribution in [-0.2, 0) is 14.8 Å². The van der Waals surface area contributed by atoms with Crippen LogP contribution >= 0.6 is 0 Å². The quantitative estimate of drug-likeness (QED) is 0.506. The zero-order valence-corrected chi connectivity index (χ0v) is 14.0. The van der Waals surface area contributed by atoms with Gasteiger partial charge in [0.2, 0.25) is 10.9 Å². The van der Waals surface area contributed by atoms with Gasteiger partial charge in [-0.15, -0.1) is 0 Å². The van der Waals surface area contributed by atoms with Crippen molar-refractivity contribution in [1.82, 2.24) is 14.9 Å². The van der Waals surface area contributed by atoms with Gasteiger partial charge in [-0.2, -0.15) is 0 Å². The van der Waals surface area contributed by atoms with E-state index in [1.54, 1.807) is 6.92 Å². The largest absolute Gasteiger partial charge is 0.460 e. The topological polar surface area (TPSA) is 101 Å². The second kappa shape index (κ2) is 8.44. The Bertz CT molecular complexity index is 608. The van der Waals surface area contributed by atoms with Crippen molar-refractivity contribution in [2.24, 2.45) is 0 Å². The highest BCUT2D eigenvalue weighted by Crippen LogP contribution is 2.14. The van der Waals surface area contributed by atoms with E-state index in [0.29, 0.717) is 13.0 Å². The maximum Gasteiger partial charge on any atom is 0.374 e. The number of carbonyl (C=O) groups is 1. The Kier molecular flexibility index (Phi) is 6.58. The summed E-state index contributed by atoms with van der Waals surface area (Å²) >= 11 is 0. The summed E-state index contributed by atoms with van der Waals surface area (Å²) in [5, 5.41) is 2.99. The average Bonchev–Trinajstić information content (AvgIpc) is 3.04. The van der Waals surface area contributed by atoms with E-state index < -0.39 is 16.0 Å². The Morgan fingerprint density at radius 2 is 2.13 bits per heavy atom. The van der Waals surface area contributed by atoms with Gasteiger partial charge in [0, 0.05) is 32.7 Å². The van der Waals surface area contributed by atoms with Crippen molar-refractivity contribution in [1.29, 1.82) is 0 Å². The number of carbonyl (C=O) groups excluding carboxylic acids is 1. The van der Waals surface area contributed by atoms with Gasteiger partial charge >= 0.3 is 5.97 Å². The fourth-order valence-corrected chi connectivity index (χ4v) is 3.29. The third-order valence-corrected chi connectivity index (χ3v) is 4.81. The lowest BCUT2D eigenvalue weighted by Gasteiger charge is -2.26. The molecule has 0 amide bonds. The lowest BCUT2D eigenvalue weighted by Crippen LogP contribution is -2.44. The molecule has 130 valence electrons. The first kappa shape index (κ1) is 17.9. The molecule has 1 aromatic heterocycles. The lowest BCUT2D eigenvalue weighted by molar-refractivity contribution is 0.0484. The first-order valence-electron chi connectivity index (χ1n) is 7.72.